The van der Waals surface area contributed by atoms with E-state index in [4.69, 9.17) is 9.52 Å². The highest BCUT2D eigenvalue weighted by Gasteiger charge is 2.13. The van der Waals surface area contributed by atoms with Gasteiger partial charge in [0.2, 0.25) is 0 Å². The molecule has 0 amide bonds. The van der Waals surface area contributed by atoms with E-state index in [0.717, 1.165) is 17.0 Å². The molecule has 0 aliphatic heterocycles. The first kappa shape index (κ1) is 13.2. The summed E-state index contributed by atoms with van der Waals surface area (Å²) in [6.45, 7) is 4.45. The number of carboxylic acids is 1. The maximum Gasteiger partial charge on any atom is 0.323 e. The fourth-order valence-corrected chi connectivity index (χ4v) is 1.91. The van der Waals surface area contributed by atoms with Gasteiger partial charge in [0.25, 0.3) is 0 Å². The van der Waals surface area contributed by atoms with E-state index in [0.29, 0.717) is 6.54 Å². The molecule has 0 saturated carbocycles. The van der Waals surface area contributed by atoms with E-state index in [9.17, 15) is 4.79 Å². The summed E-state index contributed by atoms with van der Waals surface area (Å²) in [7, 11) is 0. The van der Waals surface area contributed by atoms with Crippen molar-refractivity contribution < 1.29 is 14.3 Å². The van der Waals surface area contributed by atoms with Crippen molar-refractivity contribution in [3.05, 3.63) is 53.5 Å². The van der Waals surface area contributed by atoms with Gasteiger partial charge >= 0.3 is 5.97 Å². The summed E-state index contributed by atoms with van der Waals surface area (Å²) in [6, 6.07) is 9.58. The molecule has 0 unspecified atom stereocenters. The summed E-state index contributed by atoms with van der Waals surface area (Å²) in [6.07, 6.45) is 1.59. The molecule has 0 radical (unpaired) electrons. The van der Waals surface area contributed by atoms with Crippen LogP contribution in [-0.2, 0) is 11.3 Å². The molecular weight excluding hydrogens is 242 g/mol. The van der Waals surface area contributed by atoms with Crippen LogP contribution in [0, 0.1) is 13.8 Å². The maximum absolute atomic E-state index is 11.0. The SMILES string of the molecule is Cc1ccc(N(CC(=O)O)Cc2ccco2)cc1C. The standard InChI is InChI=1S/C15H17NO3/c1-11-5-6-13(8-12(11)2)16(10-15(17)18)9-14-4-3-7-19-14/h3-8H,9-10H2,1-2H3,(H,17,18). The number of rotatable bonds is 5. The summed E-state index contributed by atoms with van der Waals surface area (Å²) in [5.41, 5.74) is 3.23. The Balaban J connectivity index is 2.25. The van der Waals surface area contributed by atoms with Crippen LogP contribution in [0.5, 0.6) is 0 Å². The van der Waals surface area contributed by atoms with Crippen molar-refractivity contribution in [1.82, 2.24) is 0 Å². The fraction of sp³-hybridized carbons (Fsp3) is 0.267. The van der Waals surface area contributed by atoms with Gasteiger partial charge in [0.05, 0.1) is 12.8 Å². The minimum atomic E-state index is -0.857. The van der Waals surface area contributed by atoms with Gasteiger partial charge in [-0.2, -0.15) is 0 Å². The zero-order valence-electron chi connectivity index (χ0n) is 11.1. The summed E-state index contributed by atoms with van der Waals surface area (Å²) >= 11 is 0. The molecule has 1 heterocycles. The number of benzene rings is 1. The average Bonchev–Trinajstić information content (AvgIpc) is 2.84. The molecule has 2 aromatic rings. The Morgan fingerprint density at radius 1 is 1.26 bits per heavy atom. The number of hydrogen-bond donors (Lipinski definition) is 1. The summed E-state index contributed by atoms with van der Waals surface area (Å²) in [5, 5.41) is 9.03. The lowest BCUT2D eigenvalue weighted by molar-refractivity contribution is -0.135. The highest BCUT2D eigenvalue weighted by Crippen LogP contribution is 2.21. The number of carbonyl (C=O) groups is 1. The Hall–Kier alpha value is -2.23. The normalized spacial score (nSPS) is 10.4. The van der Waals surface area contributed by atoms with Gasteiger partial charge in [-0.05, 0) is 49.2 Å². The molecule has 0 fully saturated rings. The van der Waals surface area contributed by atoms with E-state index in [1.807, 2.05) is 38.1 Å². The molecule has 1 aromatic carbocycles. The van der Waals surface area contributed by atoms with E-state index in [-0.39, 0.29) is 6.54 Å². The molecule has 100 valence electrons. The van der Waals surface area contributed by atoms with E-state index in [1.165, 1.54) is 5.56 Å². The minimum absolute atomic E-state index is 0.0524. The van der Waals surface area contributed by atoms with E-state index < -0.39 is 5.97 Å². The minimum Gasteiger partial charge on any atom is -0.480 e. The Labute approximate surface area is 112 Å². The van der Waals surface area contributed by atoms with Gasteiger partial charge in [-0.1, -0.05) is 6.07 Å². The highest BCUT2D eigenvalue weighted by atomic mass is 16.4. The molecule has 1 N–H and O–H groups in total. The van der Waals surface area contributed by atoms with Crippen molar-refractivity contribution in [2.75, 3.05) is 11.4 Å². The second-order valence-electron chi connectivity index (χ2n) is 4.60. The van der Waals surface area contributed by atoms with Crippen molar-refractivity contribution in [3.63, 3.8) is 0 Å². The molecule has 0 aliphatic rings. The van der Waals surface area contributed by atoms with Crippen LogP contribution in [0.15, 0.2) is 41.0 Å². The topological polar surface area (TPSA) is 53.7 Å². The second-order valence-corrected chi connectivity index (χ2v) is 4.60. The smallest absolute Gasteiger partial charge is 0.323 e. The van der Waals surface area contributed by atoms with Gasteiger partial charge in [0.1, 0.15) is 12.3 Å². The number of nitrogens with zero attached hydrogens (tertiary/aromatic N) is 1. The predicted octanol–water partition coefficient (Wildman–Crippen LogP) is 2.99. The molecule has 4 heteroatoms. The molecule has 0 saturated heterocycles. The average molecular weight is 259 g/mol. The third kappa shape index (κ3) is 3.37. The third-order valence-electron chi connectivity index (χ3n) is 3.11. The van der Waals surface area contributed by atoms with Crippen LogP contribution in [-0.4, -0.2) is 17.6 Å². The molecule has 0 spiro atoms. The molecule has 0 bridgehead atoms. The number of aliphatic carboxylic acids is 1. The Morgan fingerprint density at radius 3 is 2.63 bits per heavy atom. The molecule has 1 aromatic heterocycles. The van der Waals surface area contributed by atoms with E-state index in [2.05, 4.69) is 0 Å². The highest BCUT2D eigenvalue weighted by molar-refractivity contribution is 5.73. The molecule has 4 nitrogen and oxygen atoms in total. The van der Waals surface area contributed by atoms with Crippen LogP contribution in [0.2, 0.25) is 0 Å². The van der Waals surface area contributed by atoms with Crippen LogP contribution in [0.25, 0.3) is 0 Å². The molecule has 0 aliphatic carbocycles. The first-order valence-corrected chi connectivity index (χ1v) is 6.12. The quantitative estimate of drug-likeness (QED) is 0.896. The summed E-state index contributed by atoms with van der Waals surface area (Å²) in [4.78, 5) is 12.8. The van der Waals surface area contributed by atoms with Crippen LogP contribution >= 0.6 is 0 Å². The second kappa shape index (κ2) is 5.61. The lowest BCUT2D eigenvalue weighted by Gasteiger charge is -2.22. The molecule has 0 atom stereocenters. The van der Waals surface area contributed by atoms with Crippen LogP contribution in [0.4, 0.5) is 5.69 Å². The third-order valence-corrected chi connectivity index (χ3v) is 3.11. The molecule has 2 rings (SSSR count). The number of furan rings is 1. The van der Waals surface area contributed by atoms with E-state index in [1.54, 1.807) is 17.2 Å². The zero-order chi connectivity index (χ0) is 13.8. The summed E-state index contributed by atoms with van der Waals surface area (Å²) in [5.74, 6) is -0.107. The van der Waals surface area contributed by atoms with E-state index >= 15 is 0 Å². The van der Waals surface area contributed by atoms with Gasteiger partial charge in [0.15, 0.2) is 0 Å². The van der Waals surface area contributed by atoms with Crippen LogP contribution in [0.1, 0.15) is 16.9 Å². The number of hydrogen-bond acceptors (Lipinski definition) is 3. The first-order chi connectivity index (χ1) is 9.06. The number of anilines is 1. The lowest BCUT2D eigenvalue weighted by atomic mass is 10.1. The van der Waals surface area contributed by atoms with Gasteiger partial charge < -0.3 is 14.4 Å². The molecular formula is C15H17NO3. The lowest BCUT2D eigenvalue weighted by Crippen LogP contribution is -2.29. The number of aryl methyl sites for hydroxylation is 2. The Morgan fingerprint density at radius 2 is 2.05 bits per heavy atom. The van der Waals surface area contributed by atoms with Crippen molar-refractivity contribution >= 4 is 11.7 Å². The van der Waals surface area contributed by atoms with Gasteiger partial charge in [-0.25, -0.2) is 0 Å². The number of carboxylic acid groups (broad SMARTS) is 1. The van der Waals surface area contributed by atoms with Crippen molar-refractivity contribution in [1.29, 1.82) is 0 Å². The zero-order valence-corrected chi connectivity index (χ0v) is 11.1. The molecule has 19 heavy (non-hydrogen) atoms. The van der Waals surface area contributed by atoms with Crippen molar-refractivity contribution in [3.8, 4) is 0 Å². The Kier molecular flexibility index (Phi) is 3.90. The fourth-order valence-electron chi connectivity index (χ4n) is 1.91. The maximum atomic E-state index is 11.0. The van der Waals surface area contributed by atoms with Gasteiger partial charge in [-0.15, -0.1) is 0 Å². The first-order valence-electron chi connectivity index (χ1n) is 6.12. The van der Waals surface area contributed by atoms with Crippen LogP contribution < -0.4 is 4.90 Å². The van der Waals surface area contributed by atoms with Gasteiger partial charge in [0, 0.05) is 5.69 Å². The Bertz CT molecular complexity index is 561. The van der Waals surface area contributed by atoms with Gasteiger partial charge in [-0.3, -0.25) is 4.79 Å². The summed E-state index contributed by atoms with van der Waals surface area (Å²) < 4.78 is 5.29. The van der Waals surface area contributed by atoms with Crippen molar-refractivity contribution in [2.45, 2.75) is 20.4 Å². The monoisotopic (exact) mass is 259 g/mol. The predicted molar refractivity (Wildman–Crippen MR) is 73.3 cm³/mol. The largest absolute Gasteiger partial charge is 0.480 e. The van der Waals surface area contributed by atoms with Crippen molar-refractivity contribution in [2.24, 2.45) is 0 Å². The van der Waals surface area contributed by atoms with Crippen LogP contribution in [0.3, 0.4) is 0 Å².